The van der Waals surface area contributed by atoms with E-state index in [0.29, 0.717) is 17.3 Å². The summed E-state index contributed by atoms with van der Waals surface area (Å²) >= 11 is 0. The van der Waals surface area contributed by atoms with Crippen LogP contribution in [-0.4, -0.2) is 38.6 Å². The van der Waals surface area contributed by atoms with Crippen LogP contribution in [0.4, 0.5) is 5.69 Å². The lowest BCUT2D eigenvalue weighted by Crippen LogP contribution is -2.25. The van der Waals surface area contributed by atoms with Gasteiger partial charge in [0.25, 0.3) is 11.6 Å². The molecule has 2 aromatic rings. The molecule has 9 nitrogen and oxygen atoms in total. The molecule has 0 fully saturated rings. The van der Waals surface area contributed by atoms with Crippen molar-refractivity contribution in [3.05, 3.63) is 34.0 Å². The molecule has 0 saturated carbocycles. The van der Waals surface area contributed by atoms with Gasteiger partial charge in [0, 0.05) is 30.5 Å². The number of H-pyrrole nitrogens is 1. The van der Waals surface area contributed by atoms with Crippen molar-refractivity contribution in [2.45, 2.75) is 12.8 Å². The van der Waals surface area contributed by atoms with Crippen molar-refractivity contribution in [1.82, 2.24) is 15.5 Å². The van der Waals surface area contributed by atoms with Crippen LogP contribution in [0.15, 0.2) is 18.2 Å². The molecule has 2 rings (SSSR count). The molecule has 0 bridgehead atoms. The average molecular weight is 292 g/mol. The summed E-state index contributed by atoms with van der Waals surface area (Å²) in [5, 5.41) is 28.6. The van der Waals surface area contributed by atoms with Gasteiger partial charge in [0.15, 0.2) is 5.69 Å². The Morgan fingerprint density at radius 1 is 1.43 bits per heavy atom. The second-order valence-corrected chi connectivity index (χ2v) is 4.31. The zero-order valence-corrected chi connectivity index (χ0v) is 10.8. The van der Waals surface area contributed by atoms with Crippen LogP contribution in [0.2, 0.25) is 0 Å². The summed E-state index contributed by atoms with van der Waals surface area (Å²) < 4.78 is 0. The highest BCUT2D eigenvalue weighted by atomic mass is 16.6. The van der Waals surface area contributed by atoms with Gasteiger partial charge in [-0.25, -0.2) is 0 Å². The first-order valence-corrected chi connectivity index (χ1v) is 6.11. The normalized spacial score (nSPS) is 10.5. The Balaban J connectivity index is 2.13. The summed E-state index contributed by atoms with van der Waals surface area (Å²) in [5.41, 5.74) is 0.420. The summed E-state index contributed by atoms with van der Waals surface area (Å²) in [6, 6.07) is 4.06. The maximum Gasteiger partial charge on any atom is 0.303 e. The number of non-ortho nitro benzene ring substituents is 1. The molecule has 110 valence electrons. The van der Waals surface area contributed by atoms with Crippen molar-refractivity contribution in [2.24, 2.45) is 0 Å². The highest BCUT2D eigenvalue weighted by Crippen LogP contribution is 2.21. The fourth-order valence-corrected chi connectivity index (χ4v) is 1.81. The third kappa shape index (κ3) is 3.32. The minimum absolute atomic E-state index is 0.0454. The number of rotatable bonds is 6. The van der Waals surface area contributed by atoms with E-state index >= 15 is 0 Å². The maximum absolute atomic E-state index is 11.9. The molecule has 0 spiro atoms. The first kappa shape index (κ1) is 14.4. The molecule has 1 aromatic heterocycles. The van der Waals surface area contributed by atoms with Crippen molar-refractivity contribution in [2.75, 3.05) is 6.54 Å². The van der Waals surface area contributed by atoms with E-state index in [4.69, 9.17) is 5.11 Å². The second-order valence-electron chi connectivity index (χ2n) is 4.31. The molecular formula is C12H12N4O5. The fourth-order valence-electron chi connectivity index (χ4n) is 1.81. The van der Waals surface area contributed by atoms with E-state index < -0.39 is 16.8 Å². The largest absolute Gasteiger partial charge is 0.481 e. The van der Waals surface area contributed by atoms with Gasteiger partial charge in [0.2, 0.25) is 0 Å². The third-order valence-electron chi connectivity index (χ3n) is 2.83. The van der Waals surface area contributed by atoms with Crippen LogP contribution < -0.4 is 5.32 Å². The summed E-state index contributed by atoms with van der Waals surface area (Å²) in [6.07, 6.45) is 0.247. The van der Waals surface area contributed by atoms with Crippen LogP contribution in [0.25, 0.3) is 10.9 Å². The predicted octanol–water partition coefficient (Wildman–Crippen LogP) is 1.07. The number of nitrogens with zero attached hydrogens (tertiary/aromatic N) is 2. The van der Waals surface area contributed by atoms with E-state index in [9.17, 15) is 19.7 Å². The summed E-state index contributed by atoms with van der Waals surface area (Å²) in [4.78, 5) is 32.5. The number of aliphatic carboxylic acids is 1. The van der Waals surface area contributed by atoms with Gasteiger partial charge in [-0.3, -0.25) is 24.8 Å². The summed E-state index contributed by atoms with van der Waals surface area (Å²) in [7, 11) is 0. The number of hydrogen-bond acceptors (Lipinski definition) is 5. The lowest BCUT2D eigenvalue weighted by atomic mass is 10.2. The number of nitrogens with one attached hydrogen (secondary N) is 2. The van der Waals surface area contributed by atoms with Crippen LogP contribution in [0.1, 0.15) is 23.3 Å². The van der Waals surface area contributed by atoms with Gasteiger partial charge in [-0.15, -0.1) is 0 Å². The molecule has 0 atom stereocenters. The smallest absolute Gasteiger partial charge is 0.303 e. The lowest BCUT2D eigenvalue weighted by molar-refractivity contribution is -0.384. The number of aromatic nitrogens is 2. The number of benzene rings is 1. The second kappa shape index (κ2) is 5.99. The minimum Gasteiger partial charge on any atom is -0.481 e. The fraction of sp³-hybridized carbons (Fsp3) is 0.250. The minimum atomic E-state index is -0.940. The van der Waals surface area contributed by atoms with Crippen LogP contribution in [0.5, 0.6) is 0 Å². The van der Waals surface area contributed by atoms with Crippen molar-refractivity contribution in [1.29, 1.82) is 0 Å². The van der Waals surface area contributed by atoms with Crippen molar-refractivity contribution in [3.8, 4) is 0 Å². The third-order valence-corrected chi connectivity index (χ3v) is 2.83. The standard InChI is InChI=1S/C12H12N4O5/c17-10(18)2-1-5-13-12(19)11-8-6-7(16(20)21)3-4-9(8)14-15-11/h3-4,6H,1-2,5H2,(H,13,19)(H,14,15)(H,17,18). The molecule has 0 unspecified atom stereocenters. The molecule has 0 radical (unpaired) electrons. The molecule has 9 heteroatoms. The van der Waals surface area contributed by atoms with Crippen molar-refractivity contribution < 1.29 is 19.6 Å². The number of hydrogen-bond donors (Lipinski definition) is 3. The number of carbonyl (C=O) groups is 2. The first-order chi connectivity index (χ1) is 9.99. The molecular weight excluding hydrogens is 280 g/mol. The van der Waals surface area contributed by atoms with E-state index in [1.165, 1.54) is 18.2 Å². The predicted molar refractivity (Wildman–Crippen MR) is 72.0 cm³/mol. The summed E-state index contributed by atoms with van der Waals surface area (Å²) in [6.45, 7) is 0.189. The number of amides is 1. The number of nitro groups is 1. The van der Waals surface area contributed by atoms with E-state index in [1.807, 2.05) is 0 Å². The molecule has 3 N–H and O–H groups in total. The Bertz CT molecular complexity index is 709. The van der Waals surface area contributed by atoms with E-state index in [-0.39, 0.29) is 24.3 Å². The highest BCUT2D eigenvalue weighted by molar-refractivity contribution is 6.05. The SMILES string of the molecule is O=C(O)CCCNC(=O)c1n[nH]c2ccc([N+](=O)[O-])cc12. The van der Waals surface area contributed by atoms with E-state index in [1.54, 1.807) is 0 Å². The number of carboxylic acid groups (broad SMARTS) is 1. The van der Waals surface area contributed by atoms with Gasteiger partial charge in [0.1, 0.15) is 0 Å². The molecule has 1 aromatic carbocycles. The number of carboxylic acids is 1. The quantitative estimate of drug-likeness (QED) is 0.413. The van der Waals surface area contributed by atoms with Crippen LogP contribution in [-0.2, 0) is 4.79 Å². The topological polar surface area (TPSA) is 138 Å². The van der Waals surface area contributed by atoms with Gasteiger partial charge < -0.3 is 10.4 Å². The van der Waals surface area contributed by atoms with Crippen LogP contribution in [0.3, 0.4) is 0 Å². The van der Waals surface area contributed by atoms with Gasteiger partial charge in [0.05, 0.1) is 10.4 Å². The van der Waals surface area contributed by atoms with Gasteiger partial charge in [-0.2, -0.15) is 5.10 Å². The number of fused-ring (bicyclic) bond motifs is 1. The highest BCUT2D eigenvalue weighted by Gasteiger charge is 2.16. The molecule has 0 aliphatic rings. The Kier molecular flexibility index (Phi) is 4.12. The Morgan fingerprint density at radius 2 is 2.19 bits per heavy atom. The first-order valence-electron chi connectivity index (χ1n) is 6.11. The van der Waals surface area contributed by atoms with Crippen LogP contribution in [0, 0.1) is 10.1 Å². The van der Waals surface area contributed by atoms with E-state index in [0.717, 1.165) is 0 Å². The number of carbonyl (C=O) groups excluding carboxylic acids is 1. The Morgan fingerprint density at radius 3 is 2.86 bits per heavy atom. The molecule has 0 saturated heterocycles. The zero-order valence-electron chi connectivity index (χ0n) is 10.8. The average Bonchev–Trinajstić information content (AvgIpc) is 2.86. The molecule has 1 heterocycles. The molecule has 1 amide bonds. The number of aromatic amines is 1. The molecule has 0 aliphatic heterocycles. The molecule has 21 heavy (non-hydrogen) atoms. The van der Waals surface area contributed by atoms with E-state index in [2.05, 4.69) is 15.5 Å². The Labute approximate surface area is 118 Å². The van der Waals surface area contributed by atoms with Gasteiger partial charge in [-0.05, 0) is 12.5 Å². The van der Waals surface area contributed by atoms with Crippen LogP contribution >= 0.6 is 0 Å². The lowest BCUT2D eigenvalue weighted by Gasteiger charge is -2.01. The van der Waals surface area contributed by atoms with Gasteiger partial charge >= 0.3 is 5.97 Å². The monoisotopic (exact) mass is 292 g/mol. The number of nitro benzene ring substituents is 1. The van der Waals surface area contributed by atoms with Gasteiger partial charge in [-0.1, -0.05) is 0 Å². The maximum atomic E-state index is 11.9. The molecule has 0 aliphatic carbocycles. The van der Waals surface area contributed by atoms with Crippen molar-refractivity contribution >= 4 is 28.5 Å². The summed E-state index contributed by atoms with van der Waals surface area (Å²) in [5.74, 6) is -1.45. The Hall–Kier alpha value is -2.97. The zero-order chi connectivity index (χ0) is 15.4. The van der Waals surface area contributed by atoms with Crippen molar-refractivity contribution in [3.63, 3.8) is 0 Å².